The van der Waals surface area contributed by atoms with E-state index in [9.17, 15) is 9.90 Å². The van der Waals surface area contributed by atoms with Crippen LogP contribution in [0.1, 0.15) is 36.5 Å². The fraction of sp³-hybridized carbons (Fsp3) is 0.400. The van der Waals surface area contributed by atoms with Gasteiger partial charge in [-0.15, -0.1) is 0 Å². The van der Waals surface area contributed by atoms with E-state index in [0.717, 1.165) is 35.8 Å². The lowest BCUT2D eigenvalue weighted by Crippen LogP contribution is -2.10. The first kappa shape index (κ1) is 12.7. The van der Waals surface area contributed by atoms with Gasteiger partial charge >= 0.3 is 5.63 Å². The quantitative estimate of drug-likeness (QED) is 0.844. The second-order valence-electron chi connectivity index (χ2n) is 4.68. The molecule has 1 N–H and O–H groups in total. The van der Waals surface area contributed by atoms with Gasteiger partial charge in [0.2, 0.25) is 0 Å². The maximum Gasteiger partial charge on any atom is 0.339 e. The zero-order valence-electron chi connectivity index (χ0n) is 11.0. The van der Waals surface area contributed by atoms with Gasteiger partial charge in [-0.1, -0.05) is 13.3 Å². The maximum absolute atomic E-state index is 12.0. The maximum atomic E-state index is 12.0. The highest BCUT2D eigenvalue weighted by Gasteiger charge is 2.13. The van der Waals surface area contributed by atoms with E-state index in [-0.39, 0.29) is 11.4 Å². The molecule has 0 unspecified atom stereocenters. The lowest BCUT2D eigenvalue weighted by molar-refractivity contribution is 0.467. The van der Waals surface area contributed by atoms with Gasteiger partial charge in [0.15, 0.2) is 0 Å². The first-order valence-corrected chi connectivity index (χ1v) is 6.31. The van der Waals surface area contributed by atoms with E-state index in [1.54, 1.807) is 13.0 Å². The Morgan fingerprint density at radius 3 is 2.61 bits per heavy atom. The number of hydrogen-bond donors (Lipinski definition) is 1. The molecule has 0 saturated carbocycles. The molecule has 0 bridgehead atoms. The lowest BCUT2D eigenvalue weighted by atomic mass is 10.00. The number of benzene rings is 1. The van der Waals surface area contributed by atoms with Crippen molar-refractivity contribution < 1.29 is 9.52 Å². The van der Waals surface area contributed by atoms with Crippen molar-refractivity contribution in [3.63, 3.8) is 0 Å². The largest absolute Gasteiger partial charge is 0.508 e. The van der Waals surface area contributed by atoms with Crippen LogP contribution >= 0.6 is 0 Å². The molecule has 0 radical (unpaired) electrons. The Morgan fingerprint density at radius 1 is 1.22 bits per heavy atom. The Hall–Kier alpha value is -1.77. The Balaban J connectivity index is 2.71. The summed E-state index contributed by atoms with van der Waals surface area (Å²) < 4.78 is 5.37. The molecule has 0 atom stereocenters. The van der Waals surface area contributed by atoms with Crippen molar-refractivity contribution in [3.8, 4) is 5.75 Å². The molecule has 0 aliphatic rings. The van der Waals surface area contributed by atoms with Gasteiger partial charge in [-0.25, -0.2) is 4.79 Å². The summed E-state index contributed by atoms with van der Waals surface area (Å²) in [5, 5.41) is 10.6. The molecule has 1 heterocycles. The molecule has 96 valence electrons. The van der Waals surface area contributed by atoms with Crippen molar-refractivity contribution in [2.75, 3.05) is 0 Å². The molecule has 0 aliphatic carbocycles. The van der Waals surface area contributed by atoms with Gasteiger partial charge in [0.05, 0.1) is 0 Å². The van der Waals surface area contributed by atoms with Gasteiger partial charge in [-0.2, -0.15) is 0 Å². The van der Waals surface area contributed by atoms with E-state index in [4.69, 9.17) is 4.42 Å². The molecule has 1 aromatic heterocycles. The van der Waals surface area contributed by atoms with Crippen molar-refractivity contribution in [1.82, 2.24) is 0 Å². The van der Waals surface area contributed by atoms with Crippen LogP contribution in [0, 0.1) is 13.8 Å². The molecule has 2 rings (SSSR count). The van der Waals surface area contributed by atoms with Crippen LogP contribution < -0.4 is 5.63 Å². The number of phenolic OH excluding ortho intramolecular Hbond substituents is 1. The normalized spacial score (nSPS) is 11.1. The van der Waals surface area contributed by atoms with Crippen LogP contribution in [-0.4, -0.2) is 5.11 Å². The molecule has 3 heteroatoms. The summed E-state index contributed by atoms with van der Waals surface area (Å²) in [5.41, 5.74) is 2.57. The first-order chi connectivity index (χ1) is 8.56. The molecular weight excluding hydrogens is 228 g/mol. The third-order valence-electron chi connectivity index (χ3n) is 3.46. The summed E-state index contributed by atoms with van der Waals surface area (Å²) in [6.07, 6.45) is 2.78. The van der Waals surface area contributed by atoms with E-state index in [1.807, 2.05) is 13.0 Å². The highest BCUT2D eigenvalue weighted by molar-refractivity contribution is 5.85. The van der Waals surface area contributed by atoms with E-state index in [2.05, 4.69) is 6.92 Å². The second-order valence-corrected chi connectivity index (χ2v) is 4.68. The topological polar surface area (TPSA) is 50.4 Å². The zero-order chi connectivity index (χ0) is 13.3. The molecule has 0 spiro atoms. The number of fused-ring (bicyclic) bond motifs is 1. The Bertz CT molecular complexity index is 638. The summed E-state index contributed by atoms with van der Waals surface area (Å²) in [6.45, 7) is 5.80. The summed E-state index contributed by atoms with van der Waals surface area (Å²) in [5.74, 6) is 0.159. The van der Waals surface area contributed by atoms with Gasteiger partial charge in [-0.05, 0) is 44.4 Å². The van der Waals surface area contributed by atoms with E-state index >= 15 is 0 Å². The summed E-state index contributed by atoms with van der Waals surface area (Å²) in [4.78, 5) is 12.0. The van der Waals surface area contributed by atoms with Crippen molar-refractivity contribution in [3.05, 3.63) is 39.2 Å². The molecule has 0 fully saturated rings. The fourth-order valence-electron chi connectivity index (χ4n) is 2.22. The number of unbranched alkanes of at least 4 members (excludes halogenated alkanes) is 1. The third kappa shape index (κ3) is 2.01. The van der Waals surface area contributed by atoms with Gasteiger partial charge in [-0.3, -0.25) is 0 Å². The fourth-order valence-corrected chi connectivity index (χ4v) is 2.22. The zero-order valence-corrected chi connectivity index (χ0v) is 11.0. The average Bonchev–Trinajstić information content (AvgIpc) is 2.34. The van der Waals surface area contributed by atoms with Crippen molar-refractivity contribution in [2.45, 2.75) is 40.0 Å². The third-order valence-corrected chi connectivity index (χ3v) is 3.46. The van der Waals surface area contributed by atoms with Crippen molar-refractivity contribution in [1.29, 1.82) is 0 Å². The molecule has 0 saturated heterocycles. The molecule has 2 aromatic rings. The van der Waals surface area contributed by atoms with Crippen LogP contribution in [0.3, 0.4) is 0 Å². The van der Waals surface area contributed by atoms with Gasteiger partial charge in [0.1, 0.15) is 11.3 Å². The summed E-state index contributed by atoms with van der Waals surface area (Å²) in [6, 6.07) is 3.46. The van der Waals surface area contributed by atoms with E-state index < -0.39 is 0 Å². The minimum atomic E-state index is -0.276. The molecule has 0 amide bonds. The average molecular weight is 246 g/mol. The number of aryl methyl sites for hydroxylation is 2. The summed E-state index contributed by atoms with van der Waals surface area (Å²) in [7, 11) is 0. The van der Waals surface area contributed by atoms with Crippen molar-refractivity contribution in [2.24, 2.45) is 0 Å². The van der Waals surface area contributed by atoms with Crippen LogP contribution in [0.4, 0.5) is 0 Å². The Kier molecular flexibility index (Phi) is 3.41. The number of aromatic hydroxyl groups is 1. The Morgan fingerprint density at radius 2 is 1.94 bits per heavy atom. The molecule has 18 heavy (non-hydrogen) atoms. The van der Waals surface area contributed by atoms with E-state index in [0.29, 0.717) is 11.1 Å². The predicted molar refractivity (Wildman–Crippen MR) is 72.2 cm³/mol. The van der Waals surface area contributed by atoms with E-state index in [1.165, 1.54) is 0 Å². The number of hydrogen-bond acceptors (Lipinski definition) is 3. The Labute approximate surface area is 106 Å². The highest BCUT2D eigenvalue weighted by Crippen LogP contribution is 2.28. The smallest absolute Gasteiger partial charge is 0.339 e. The van der Waals surface area contributed by atoms with Crippen LogP contribution in [0.25, 0.3) is 11.0 Å². The molecule has 1 aromatic carbocycles. The van der Waals surface area contributed by atoms with Crippen LogP contribution in [-0.2, 0) is 6.42 Å². The number of phenols is 1. The first-order valence-electron chi connectivity index (χ1n) is 6.31. The van der Waals surface area contributed by atoms with Gasteiger partial charge in [0.25, 0.3) is 0 Å². The predicted octanol–water partition coefficient (Wildman–Crippen LogP) is 3.46. The van der Waals surface area contributed by atoms with Gasteiger partial charge < -0.3 is 9.52 Å². The van der Waals surface area contributed by atoms with Crippen LogP contribution in [0.5, 0.6) is 5.75 Å². The minimum Gasteiger partial charge on any atom is -0.508 e. The van der Waals surface area contributed by atoms with Gasteiger partial charge in [0, 0.05) is 16.5 Å². The SMILES string of the molecule is CCCCc1c(C)c2ccc(O)c(C)c2oc1=O. The van der Waals surface area contributed by atoms with Crippen LogP contribution in [0.2, 0.25) is 0 Å². The molecular formula is C15H18O3. The molecule has 0 aliphatic heterocycles. The second kappa shape index (κ2) is 4.84. The molecule has 3 nitrogen and oxygen atoms in total. The standard InChI is InChI=1S/C15H18O3/c1-4-5-6-12-9(2)11-7-8-13(16)10(3)14(11)18-15(12)17/h7-8,16H,4-6H2,1-3H3. The van der Waals surface area contributed by atoms with Crippen LogP contribution in [0.15, 0.2) is 21.3 Å². The summed E-state index contributed by atoms with van der Waals surface area (Å²) >= 11 is 0. The lowest BCUT2D eigenvalue weighted by Gasteiger charge is -2.09. The number of rotatable bonds is 3. The highest BCUT2D eigenvalue weighted by atomic mass is 16.4. The van der Waals surface area contributed by atoms with Crippen molar-refractivity contribution >= 4 is 11.0 Å². The minimum absolute atomic E-state index is 0.159. The monoisotopic (exact) mass is 246 g/mol.